The Balaban J connectivity index is 0.000000103. The first-order chi connectivity index (χ1) is 55.6. The van der Waals surface area contributed by atoms with Gasteiger partial charge in [0, 0.05) is 129 Å². The van der Waals surface area contributed by atoms with Crippen molar-refractivity contribution in [3.05, 3.63) is 276 Å². The van der Waals surface area contributed by atoms with E-state index in [0.717, 1.165) is 119 Å². The van der Waals surface area contributed by atoms with E-state index in [1.165, 1.54) is 21.9 Å². The van der Waals surface area contributed by atoms with Crippen molar-refractivity contribution in [2.45, 2.75) is 67.0 Å². The number of benzene rings is 3. The van der Waals surface area contributed by atoms with E-state index in [4.69, 9.17) is 37.6 Å². The molecular weight excluding hydrogens is 1420 g/mol. The third kappa shape index (κ3) is 11.4. The molecule has 0 radical (unpaired) electrons. The van der Waals surface area contributed by atoms with Gasteiger partial charge in [-0.2, -0.15) is 9.27 Å². The van der Waals surface area contributed by atoms with E-state index in [-0.39, 0.29) is 46.4 Å². The molecular formula is C86H81B4N20O4+. The van der Waals surface area contributed by atoms with Crippen molar-refractivity contribution >= 4 is 172 Å². The number of rotatable bonds is 7. The quantitative estimate of drug-likeness (QED) is 0.136. The van der Waals surface area contributed by atoms with Gasteiger partial charge in [0.1, 0.15) is 5.82 Å². The largest absolute Gasteiger partial charge is 0.674 e. The smallest absolute Gasteiger partial charge is 0.423 e. The maximum absolute atomic E-state index is 6.19. The van der Waals surface area contributed by atoms with Gasteiger partial charge in [0.25, 0.3) is 0 Å². The van der Waals surface area contributed by atoms with E-state index in [2.05, 4.69) is 282 Å². The van der Waals surface area contributed by atoms with Gasteiger partial charge >= 0.3 is 27.9 Å². The number of nitrogens with zero attached hydrogens (tertiary/aromatic N) is 20. The van der Waals surface area contributed by atoms with E-state index >= 15 is 0 Å². The number of hydrogen-bond donors (Lipinski definition) is 0. The van der Waals surface area contributed by atoms with Crippen LogP contribution in [0.2, 0.25) is 0 Å². The maximum atomic E-state index is 6.19. The molecule has 0 amide bonds. The number of aromatic nitrogens is 10. The molecule has 3 aromatic carbocycles. The Labute approximate surface area is 661 Å². The summed E-state index contributed by atoms with van der Waals surface area (Å²) in [5.41, 5.74) is 17.6. The Morgan fingerprint density at radius 2 is 0.658 bits per heavy atom. The highest BCUT2D eigenvalue weighted by molar-refractivity contribution is 6.77. The SMILES string of the molecule is CC1=Cc2c(oc3ncccc23)N(C)B1N1c2cccnc2N(c2ccccc2)[C@@H]1C.CC1=Cc2c(oc3ncccc23)N(C)B1N1c2ncccc2N(c2ccccc2)[C@@H]1C.CC1=Cc2c(oc3ncccc23)N(C)B1N1c2nccnc2N(c2ccccc2)[C@@H]1C.CC1=Cc2c(oc3ncccc23)N(C)B1[n+]1cccn1C. The molecule has 0 saturated carbocycles. The summed E-state index contributed by atoms with van der Waals surface area (Å²) in [7, 11) is 10.3. The zero-order valence-electron chi connectivity index (χ0n) is 65.4. The normalized spacial score (nSPS) is 17.2. The summed E-state index contributed by atoms with van der Waals surface area (Å²) >= 11 is 0. The highest BCUT2D eigenvalue weighted by atomic mass is 16.4. The summed E-state index contributed by atoms with van der Waals surface area (Å²) in [6.45, 7) is 15.3. The van der Waals surface area contributed by atoms with Crippen LogP contribution in [0.5, 0.6) is 0 Å². The first kappa shape index (κ1) is 70.6. The fourth-order valence-electron chi connectivity index (χ4n) is 18.0. The molecule has 28 heteroatoms. The van der Waals surface area contributed by atoms with Gasteiger partial charge in [0.2, 0.25) is 22.9 Å². The Hall–Kier alpha value is -13.8. The van der Waals surface area contributed by atoms with Crippen LogP contribution in [-0.2, 0) is 7.05 Å². The lowest BCUT2D eigenvalue weighted by Crippen LogP contribution is -2.66. The van der Waals surface area contributed by atoms with Gasteiger partial charge in [-0.1, -0.05) is 89.2 Å². The van der Waals surface area contributed by atoms with E-state index in [9.17, 15) is 0 Å². The molecule has 19 heterocycles. The van der Waals surface area contributed by atoms with Crippen molar-refractivity contribution in [1.82, 2.24) is 44.6 Å². The second kappa shape index (κ2) is 28.2. The fourth-order valence-corrected chi connectivity index (χ4v) is 18.0. The fraction of sp³-hybridized carbons (Fsp3) is 0.174. The van der Waals surface area contributed by atoms with Crippen molar-refractivity contribution in [2.24, 2.45) is 7.05 Å². The molecule has 15 aromatic rings. The van der Waals surface area contributed by atoms with Gasteiger partial charge in [-0.05, 0) is 185 Å². The number of allylic oxidation sites excluding steroid dienone is 4. The number of pyridine rings is 6. The van der Waals surface area contributed by atoms with Crippen molar-refractivity contribution < 1.29 is 22.3 Å². The van der Waals surface area contributed by atoms with Gasteiger partial charge in [-0.25, -0.2) is 39.9 Å². The van der Waals surface area contributed by atoms with Crippen LogP contribution < -0.4 is 53.0 Å². The molecule has 7 aliphatic rings. The lowest BCUT2D eigenvalue weighted by Gasteiger charge is -2.40. The molecule has 0 unspecified atom stereocenters. The number of hydrogen-bond acceptors (Lipinski definition) is 22. The summed E-state index contributed by atoms with van der Waals surface area (Å²) in [4.78, 5) is 59.3. The van der Waals surface area contributed by atoms with Gasteiger partial charge in [0.05, 0.1) is 43.1 Å². The zero-order valence-corrected chi connectivity index (χ0v) is 65.4. The van der Waals surface area contributed by atoms with Crippen molar-refractivity contribution in [2.75, 3.05) is 76.6 Å². The molecule has 24 nitrogen and oxygen atoms in total. The minimum Gasteiger partial charge on any atom is -0.423 e. The van der Waals surface area contributed by atoms with Crippen molar-refractivity contribution in [3.63, 3.8) is 0 Å². The minimum atomic E-state index is -0.0628. The van der Waals surface area contributed by atoms with Crippen LogP contribution in [0.25, 0.3) is 68.7 Å². The predicted octanol–water partition coefficient (Wildman–Crippen LogP) is 16.6. The first-order valence-electron chi connectivity index (χ1n) is 38.4. The standard InChI is InChI=1S/2C24H22BN5O.C23H21BN6O.C15H16BN4O/c1-16-15-20-19-11-7-14-27-23(19)31-24(20)28(3)25(16)30-17(2)29(18-9-5-4-6-10-18)22-21(30)12-8-13-26-22;1-16-15-20-19-11-7-14-27-23(19)31-24(20)28(3)25(16)30-17(2)29(18-9-5-4-6-10-18)21-12-8-13-26-22(21)30;1-15-14-19-18-10-7-11-27-22(18)31-23(19)28(3)24(15)30-16(2)29(17-8-5-4-6-9-17)20-21(30)26-13-12-25-20;1-11-10-13-12-6-4-7-17-14(12)21-15(13)19(3)16(11)20-9-5-8-18(20)2/h2*4-15,17H,1-3H3;4-14,16H,1-3H3;4-10H,1-3H3/q;;;+1/t2*17-;16-;/m000./s1. The average Bonchev–Trinajstić information content (AvgIpc) is 1.57. The number of fused-ring (bicyclic) bond motifs is 15. The third-order valence-electron chi connectivity index (χ3n) is 22.9. The molecule has 22 rings (SSSR count). The van der Waals surface area contributed by atoms with Crippen molar-refractivity contribution in [1.29, 1.82) is 0 Å². The number of para-hydroxylation sites is 3. The highest BCUT2D eigenvalue weighted by Gasteiger charge is 2.51. The number of anilines is 13. The molecule has 0 N–H and O–H groups in total. The molecule has 7 aliphatic heterocycles. The van der Waals surface area contributed by atoms with Crippen molar-refractivity contribution in [3.8, 4) is 0 Å². The number of furan rings is 4. The Morgan fingerprint density at radius 1 is 0.316 bits per heavy atom. The lowest BCUT2D eigenvalue weighted by molar-refractivity contribution is -0.629. The second-order valence-electron chi connectivity index (χ2n) is 29.8. The molecule has 560 valence electrons. The topological polar surface area (TPSA) is 197 Å². The maximum Gasteiger partial charge on any atom is 0.674 e. The lowest BCUT2D eigenvalue weighted by atomic mass is 9.61. The number of aryl methyl sites for hydroxylation is 1. The van der Waals surface area contributed by atoms with E-state index < -0.39 is 0 Å². The van der Waals surface area contributed by atoms with Gasteiger partial charge < -0.3 is 66.0 Å². The molecule has 0 bridgehead atoms. The van der Waals surface area contributed by atoms with Crippen LogP contribution in [0.1, 0.15) is 70.7 Å². The zero-order chi connectivity index (χ0) is 77.9. The minimum absolute atomic E-state index is 0.000255. The van der Waals surface area contributed by atoms with Gasteiger partial charge in [-0.3, -0.25) is 0 Å². The second-order valence-corrected chi connectivity index (χ2v) is 29.8. The molecule has 0 spiro atoms. The van der Waals surface area contributed by atoms with Crippen LogP contribution in [0.15, 0.2) is 271 Å². The molecule has 0 saturated heterocycles. The van der Waals surface area contributed by atoms with Crippen LogP contribution in [0.3, 0.4) is 0 Å². The van der Waals surface area contributed by atoms with Gasteiger partial charge in [-0.15, -0.1) is 0 Å². The Bertz CT molecular complexity index is 5840. The van der Waals surface area contributed by atoms with E-state index in [1.807, 2.05) is 98.4 Å². The predicted molar refractivity (Wildman–Crippen MR) is 460 cm³/mol. The molecule has 12 aromatic heterocycles. The summed E-state index contributed by atoms with van der Waals surface area (Å²) in [5.74, 6) is 7.04. The van der Waals surface area contributed by atoms with Gasteiger partial charge in [0.15, 0.2) is 47.2 Å². The molecule has 3 atom stereocenters. The Morgan fingerprint density at radius 3 is 1.11 bits per heavy atom. The van der Waals surface area contributed by atoms with E-state index in [0.29, 0.717) is 22.9 Å². The summed E-state index contributed by atoms with van der Waals surface area (Å²) in [6, 6.07) is 57.6. The van der Waals surface area contributed by atoms with Crippen LogP contribution in [0.4, 0.5) is 75.2 Å². The summed E-state index contributed by atoms with van der Waals surface area (Å²) < 4.78 is 28.8. The summed E-state index contributed by atoms with van der Waals surface area (Å²) in [6.07, 6.45) is 27.5. The van der Waals surface area contributed by atoms with Crippen LogP contribution >= 0.6 is 0 Å². The van der Waals surface area contributed by atoms with Crippen LogP contribution in [0, 0.1) is 0 Å². The van der Waals surface area contributed by atoms with E-state index in [1.54, 1.807) is 37.2 Å². The van der Waals surface area contributed by atoms with Crippen LogP contribution in [-0.4, -0.2) is 119 Å². The summed E-state index contributed by atoms with van der Waals surface area (Å²) in [5, 5.41) is 4.18. The molecule has 0 aliphatic carbocycles. The third-order valence-corrected chi connectivity index (χ3v) is 22.9. The monoisotopic (exact) mass is 1500 g/mol. The highest BCUT2D eigenvalue weighted by Crippen LogP contribution is 2.51. The molecule has 114 heavy (non-hydrogen) atoms. The molecule has 0 fully saturated rings. The Kier molecular flexibility index (Phi) is 17.5. The average molecular weight is 1500 g/mol. The first-order valence-corrected chi connectivity index (χ1v) is 38.4.